The van der Waals surface area contributed by atoms with Gasteiger partial charge in [-0.3, -0.25) is 0 Å². The fourth-order valence-electron chi connectivity index (χ4n) is 1.53. The van der Waals surface area contributed by atoms with Crippen molar-refractivity contribution >= 4 is 11.8 Å². The summed E-state index contributed by atoms with van der Waals surface area (Å²) >= 11 is 1.79. The first-order chi connectivity index (χ1) is 8.90. The van der Waals surface area contributed by atoms with Crippen molar-refractivity contribution in [1.82, 2.24) is 5.32 Å². The molecular formula is C15H25NO2S. The first-order valence-electron chi connectivity index (χ1n) is 6.56. The predicted molar refractivity (Wildman–Crippen MR) is 82.9 cm³/mol. The van der Waals surface area contributed by atoms with Gasteiger partial charge < -0.3 is 15.2 Å². The Hall–Kier alpha value is -0.710. The number of hydrogen-bond acceptors (Lipinski definition) is 4. The number of thioether (sulfide) groups is 1. The molecule has 1 rings (SSSR count). The highest BCUT2D eigenvalue weighted by Crippen LogP contribution is 2.23. The summed E-state index contributed by atoms with van der Waals surface area (Å²) in [6, 6.07) is 7.95. The van der Waals surface area contributed by atoms with Crippen LogP contribution in [0.15, 0.2) is 24.3 Å². The molecule has 0 heterocycles. The Morgan fingerprint density at radius 1 is 1.26 bits per heavy atom. The number of aliphatic hydroxyl groups excluding tert-OH is 1. The van der Waals surface area contributed by atoms with Gasteiger partial charge in [-0.05, 0) is 17.7 Å². The van der Waals surface area contributed by atoms with Gasteiger partial charge in [0.15, 0.2) is 0 Å². The third-order valence-electron chi connectivity index (χ3n) is 2.58. The van der Waals surface area contributed by atoms with Crippen LogP contribution < -0.4 is 10.1 Å². The topological polar surface area (TPSA) is 41.5 Å². The quantitative estimate of drug-likeness (QED) is 0.807. The van der Waals surface area contributed by atoms with Crippen LogP contribution in [0.2, 0.25) is 0 Å². The van der Waals surface area contributed by atoms with Gasteiger partial charge in [0, 0.05) is 23.6 Å². The van der Waals surface area contributed by atoms with E-state index in [0.717, 1.165) is 18.0 Å². The molecule has 2 N–H and O–H groups in total. The van der Waals surface area contributed by atoms with Gasteiger partial charge >= 0.3 is 0 Å². The smallest absolute Gasteiger partial charge is 0.118 e. The van der Waals surface area contributed by atoms with Gasteiger partial charge in [0.2, 0.25) is 0 Å². The standard InChI is InChI=1S/C15H25NO2S/c1-15(2,3)19-11-13(17)10-16-9-12-5-7-14(18-4)8-6-12/h5-8,13,16-17H,9-11H2,1-4H3/t13-/m0/s1. The Kier molecular flexibility index (Phi) is 6.69. The molecule has 3 nitrogen and oxygen atoms in total. The maximum atomic E-state index is 9.87. The number of benzene rings is 1. The molecule has 108 valence electrons. The first-order valence-corrected chi connectivity index (χ1v) is 7.55. The molecule has 1 aromatic carbocycles. The maximum absolute atomic E-state index is 9.87. The van der Waals surface area contributed by atoms with Crippen molar-refractivity contribution in [3.8, 4) is 5.75 Å². The molecule has 0 aliphatic heterocycles. The van der Waals surface area contributed by atoms with Crippen molar-refractivity contribution in [3.63, 3.8) is 0 Å². The average molecular weight is 283 g/mol. The Labute approximate surface area is 120 Å². The molecule has 0 bridgehead atoms. The van der Waals surface area contributed by atoms with Crippen molar-refractivity contribution in [2.24, 2.45) is 0 Å². The summed E-state index contributed by atoms with van der Waals surface area (Å²) in [4.78, 5) is 0. The lowest BCUT2D eigenvalue weighted by molar-refractivity contribution is 0.195. The number of hydrogen-bond donors (Lipinski definition) is 2. The van der Waals surface area contributed by atoms with E-state index in [4.69, 9.17) is 4.74 Å². The van der Waals surface area contributed by atoms with E-state index in [1.54, 1.807) is 18.9 Å². The van der Waals surface area contributed by atoms with Crippen LogP contribution in [0.3, 0.4) is 0 Å². The molecule has 0 saturated carbocycles. The molecule has 0 unspecified atom stereocenters. The van der Waals surface area contributed by atoms with Crippen molar-refractivity contribution in [2.45, 2.75) is 38.2 Å². The van der Waals surface area contributed by atoms with E-state index in [0.29, 0.717) is 6.54 Å². The van der Waals surface area contributed by atoms with Gasteiger partial charge in [0.25, 0.3) is 0 Å². The molecule has 0 aliphatic carbocycles. The van der Waals surface area contributed by atoms with Crippen LogP contribution in [-0.2, 0) is 6.54 Å². The number of ether oxygens (including phenoxy) is 1. The van der Waals surface area contributed by atoms with Gasteiger partial charge in [-0.25, -0.2) is 0 Å². The van der Waals surface area contributed by atoms with Crippen LogP contribution in [0.1, 0.15) is 26.3 Å². The van der Waals surface area contributed by atoms with Gasteiger partial charge in [-0.1, -0.05) is 32.9 Å². The largest absolute Gasteiger partial charge is 0.497 e. The Balaban J connectivity index is 2.22. The van der Waals surface area contributed by atoms with Gasteiger partial charge in [-0.15, -0.1) is 0 Å². The number of methoxy groups -OCH3 is 1. The minimum Gasteiger partial charge on any atom is -0.497 e. The molecule has 4 heteroatoms. The third kappa shape index (κ3) is 7.45. The monoisotopic (exact) mass is 283 g/mol. The molecule has 0 radical (unpaired) electrons. The summed E-state index contributed by atoms with van der Waals surface area (Å²) in [5, 5.41) is 13.1. The van der Waals surface area contributed by atoms with Crippen molar-refractivity contribution in [2.75, 3.05) is 19.4 Å². The lowest BCUT2D eigenvalue weighted by Crippen LogP contribution is -2.29. The van der Waals surface area contributed by atoms with Gasteiger partial charge in [0.05, 0.1) is 13.2 Å². The molecule has 1 aromatic rings. The molecule has 0 aliphatic rings. The van der Waals surface area contributed by atoms with E-state index in [2.05, 4.69) is 26.1 Å². The fraction of sp³-hybridized carbons (Fsp3) is 0.600. The zero-order chi connectivity index (χ0) is 14.3. The Bertz CT molecular complexity index is 359. The van der Waals surface area contributed by atoms with Crippen LogP contribution in [-0.4, -0.2) is 35.4 Å². The molecule has 0 amide bonds. The second-order valence-corrected chi connectivity index (χ2v) is 7.40. The molecule has 0 aromatic heterocycles. The summed E-state index contributed by atoms with van der Waals surface area (Å²) in [5.41, 5.74) is 1.19. The maximum Gasteiger partial charge on any atom is 0.118 e. The lowest BCUT2D eigenvalue weighted by atomic mass is 10.2. The van der Waals surface area contributed by atoms with Crippen LogP contribution in [0.4, 0.5) is 0 Å². The molecule has 19 heavy (non-hydrogen) atoms. The van der Waals surface area contributed by atoms with E-state index in [1.165, 1.54) is 5.56 Å². The fourth-order valence-corrected chi connectivity index (χ4v) is 2.34. The van der Waals surface area contributed by atoms with E-state index < -0.39 is 0 Å². The summed E-state index contributed by atoms with van der Waals surface area (Å²) in [6.45, 7) is 7.87. The van der Waals surface area contributed by atoms with E-state index >= 15 is 0 Å². The highest BCUT2D eigenvalue weighted by atomic mass is 32.2. The van der Waals surface area contributed by atoms with Crippen molar-refractivity contribution in [1.29, 1.82) is 0 Å². The average Bonchev–Trinajstić information content (AvgIpc) is 2.36. The highest BCUT2D eigenvalue weighted by molar-refractivity contribution is 8.00. The van der Waals surface area contributed by atoms with E-state index in [-0.39, 0.29) is 10.9 Å². The second kappa shape index (κ2) is 7.78. The summed E-state index contributed by atoms with van der Waals surface area (Å²) < 4.78 is 5.32. The van der Waals surface area contributed by atoms with Gasteiger partial charge in [-0.2, -0.15) is 11.8 Å². The molecule has 1 atom stereocenters. The van der Waals surface area contributed by atoms with Crippen molar-refractivity contribution in [3.05, 3.63) is 29.8 Å². The van der Waals surface area contributed by atoms with Crippen LogP contribution >= 0.6 is 11.8 Å². The summed E-state index contributed by atoms with van der Waals surface area (Å²) in [7, 11) is 1.66. The minimum absolute atomic E-state index is 0.205. The van der Waals surface area contributed by atoms with Crippen LogP contribution in [0, 0.1) is 0 Å². The van der Waals surface area contributed by atoms with Gasteiger partial charge in [0.1, 0.15) is 5.75 Å². The number of rotatable bonds is 7. The number of aliphatic hydroxyl groups is 1. The lowest BCUT2D eigenvalue weighted by Gasteiger charge is -2.20. The first kappa shape index (κ1) is 16.3. The molecule has 0 spiro atoms. The van der Waals surface area contributed by atoms with E-state index in [1.807, 2.05) is 24.3 Å². The minimum atomic E-state index is -0.303. The molecule has 0 fully saturated rings. The second-order valence-electron chi connectivity index (χ2n) is 5.56. The Morgan fingerprint density at radius 3 is 2.42 bits per heavy atom. The highest BCUT2D eigenvalue weighted by Gasteiger charge is 2.13. The zero-order valence-corrected chi connectivity index (χ0v) is 13.1. The molecule has 0 saturated heterocycles. The SMILES string of the molecule is COc1ccc(CNC[C@H](O)CSC(C)(C)C)cc1. The predicted octanol–water partition coefficient (Wildman–Crippen LogP) is 2.68. The molecular weight excluding hydrogens is 258 g/mol. The summed E-state index contributed by atoms with van der Waals surface area (Å²) in [5.74, 6) is 1.63. The zero-order valence-electron chi connectivity index (χ0n) is 12.3. The van der Waals surface area contributed by atoms with Crippen LogP contribution in [0.5, 0.6) is 5.75 Å². The Morgan fingerprint density at radius 2 is 1.89 bits per heavy atom. The van der Waals surface area contributed by atoms with Crippen molar-refractivity contribution < 1.29 is 9.84 Å². The number of nitrogens with one attached hydrogen (secondary N) is 1. The third-order valence-corrected chi connectivity index (χ3v) is 3.99. The van der Waals surface area contributed by atoms with Crippen LogP contribution in [0.25, 0.3) is 0 Å². The summed E-state index contributed by atoms with van der Waals surface area (Å²) in [6.07, 6.45) is -0.303. The van der Waals surface area contributed by atoms with E-state index in [9.17, 15) is 5.11 Å². The normalized spacial score (nSPS) is 13.3.